The van der Waals surface area contributed by atoms with Crippen LogP contribution in [-0.2, 0) is 4.74 Å². The van der Waals surface area contributed by atoms with E-state index in [1.807, 2.05) is 31.2 Å². The number of alkyl carbamates (subject to hydrolysis) is 1. The Balaban J connectivity index is 2.55. The summed E-state index contributed by atoms with van der Waals surface area (Å²) in [5.74, 6) is 0. The molecule has 0 bridgehead atoms. The van der Waals surface area contributed by atoms with E-state index in [0.717, 1.165) is 5.56 Å². The molecule has 0 aliphatic carbocycles. The van der Waals surface area contributed by atoms with Crippen LogP contribution >= 0.6 is 0 Å². The first kappa shape index (κ1) is 16.8. The number of aryl methyl sites for hydroxylation is 1. The summed E-state index contributed by atoms with van der Waals surface area (Å²) in [6, 6.07) is 6.85. The Bertz CT molecular complexity index is 492. The molecule has 0 spiro atoms. The fourth-order valence-electron chi connectivity index (χ4n) is 1.68. The number of hydrogen-bond acceptors (Lipinski definition) is 3. The topological polar surface area (TPSA) is 84.7 Å². The normalized spacial score (nSPS) is 10.9. The Morgan fingerprint density at radius 1 is 1.24 bits per heavy atom. The zero-order chi connectivity index (χ0) is 16.0. The summed E-state index contributed by atoms with van der Waals surface area (Å²) >= 11 is 0. The third-order valence-corrected chi connectivity index (χ3v) is 2.62. The Morgan fingerprint density at radius 3 is 2.29 bits per heavy atom. The molecule has 0 aliphatic heterocycles. The Labute approximate surface area is 125 Å². The molecule has 0 radical (unpaired) electrons. The molecule has 1 aromatic rings. The van der Waals surface area contributed by atoms with Crippen molar-refractivity contribution < 1.29 is 14.3 Å². The van der Waals surface area contributed by atoms with E-state index in [0.29, 0.717) is 5.69 Å². The molecule has 0 saturated carbocycles. The van der Waals surface area contributed by atoms with Crippen molar-refractivity contribution >= 4 is 17.8 Å². The maximum Gasteiger partial charge on any atom is 0.407 e. The second kappa shape index (κ2) is 6.97. The van der Waals surface area contributed by atoms with Crippen molar-refractivity contribution in [2.75, 3.05) is 18.0 Å². The molecular weight excluding hydrogens is 270 g/mol. The van der Waals surface area contributed by atoms with Crippen molar-refractivity contribution in [2.24, 2.45) is 5.73 Å². The molecule has 0 fully saturated rings. The predicted octanol–water partition coefficient (Wildman–Crippen LogP) is 2.40. The number of benzene rings is 1. The average Bonchev–Trinajstić information content (AvgIpc) is 2.33. The number of ether oxygens (including phenoxy) is 1. The molecule has 116 valence electrons. The lowest BCUT2D eigenvalue weighted by Crippen LogP contribution is -2.42. The second-order valence-electron chi connectivity index (χ2n) is 5.75. The standard InChI is InChI=1S/C15H23N3O3/c1-11-5-7-12(8-6-11)18(13(16)19)10-9-17-14(20)21-15(2,3)4/h5-8H,9-10H2,1-4H3,(H2,16,19)(H,17,20). The summed E-state index contributed by atoms with van der Waals surface area (Å²) in [5.41, 5.74) is 6.60. The van der Waals surface area contributed by atoms with E-state index in [4.69, 9.17) is 10.5 Å². The van der Waals surface area contributed by atoms with E-state index in [1.165, 1.54) is 4.90 Å². The molecule has 6 heteroatoms. The van der Waals surface area contributed by atoms with Gasteiger partial charge in [0, 0.05) is 18.8 Å². The molecule has 3 amide bonds. The summed E-state index contributed by atoms with van der Waals surface area (Å²) in [6.07, 6.45) is -0.518. The van der Waals surface area contributed by atoms with E-state index >= 15 is 0 Å². The average molecular weight is 293 g/mol. The summed E-state index contributed by atoms with van der Waals surface area (Å²) in [7, 11) is 0. The van der Waals surface area contributed by atoms with Gasteiger partial charge in [0.15, 0.2) is 0 Å². The van der Waals surface area contributed by atoms with E-state index < -0.39 is 17.7 Å². The van der Waals surface area contributed by atoms with Gasteiger partial charge in [-0.25, -0.2) is 9.59 Å². The number of amides is 3. The van der Waals surface area contributed by atoms with Crippen LogP contribution in [0.2, 0.25) is 0 Å². The van der Waals surface area contributed by atoms with Crippen LogP contribution < -0.4 is 16.0 Å². The summed E-state index contributed by atoms with van der Waals surface area (Å²) in [5, 5.41) is 2.60. The molecule has 0 unspecified atom stereocenters. The molecule has 0 aliphatic rings. The molecule has 1 rings (SSSR count). The first-order chi connectivity index (χ1) is 9.69. The van der Waals surface area contributed by atoms with Gasteiger partial charge in [-0.15, -0.1) is 0 Å². The van der Waals surface area contributed by atoms with Gasteiger partial charge in [0.05, 0.1) is 0 Å². The minimum Gasteiger partial charge on any atom is -0.444 e. The predicted molar refractivity (Wildman–Crippen MR) is 82.3 cm³/mol. The minimum absolute atomic E-state index is 0.256. The zero-order valence-corrected chi connectivity index (χ0v) is 13.0. The largest absolute Gasteiger partial charge is 0.444 e. The number of primary amides is 1. The van der Waals surface area contributed by atoms with Crippen LogP contribution in [-0.4, -0.2) is 30.8 Å². The maximum atomic E-state index is 11.5. The van der Waals surface area contributed by atoms with Crippen molar-refractivity contribution in [3.8, 4) is 0 Å². The fraction of sp³-hybridized carbons (Fsp3) is 0.467. The number of rotatable bonds is 4. The van der Waals surface area contributed by atoms with Crippen LogP contribution in [0.3, 0.4) is 0 Å². The van der Waals surface area contributed by atoms with Crippen molar-refractivity contribution in [2.45, 2.75) is 33.3 Å². The SMILES string of the molecule is Cc1ccc(N(CCNC(=O)OC(C)(C)C)C(N)=O)cc1. The van der Waals surface area contributed by atoms with Gasteiger partial charge in [-0.2, -0.15) is 0 Å². The number of carbonyl (C=O) groups excluding carboxylic acids is 2. The van der Waals surface area contributed by atoms with Crippen LogP contribution in [0.4, 0.5) is 15.3 Å². The van der Waals surface area contributed by atoms with Crippen LogP contribution in [0.25, 0.3) is 0 Å². The molecule has 0 saturated heterocycles. The van der Waals surface area contributed by atoms with Crippen LogP contribution in [0, 0.1) is 6.92 Å². The van der Waals surface area contributed by atoms with E-state index in [2.05, 4.69) is 5.32 Å². The van der Waals surface area contributed by atoms with E-state index in [-0.39, 0.29) is 13.1 Å². The van der Waals surface area contributed by atoms with Crippen molar-refractivity contribution in [3.05, 3.63) is 29.8 Å². The Hall–Kier alpha value is -2.24. The molecular formula is C15H23N3O3. The van der Waals surface area contributed by atoms with Crippen LogP contribution in [0.5, 0.6) is 0 Å². The number of hydrogen-bond donors (Lipinski definition) is 2. The van der Waals surface area contributed by atoms with Gasteiger partial charge in [0.1, 0.15) is 5.60 Å². The lowest BCUT2D eigenvalue weighted by Gasteiger charge is -2.22. The number of carbonyl (C=O) groups is 2. The lowest BCUT2D eigenvalue weighted by atomic mass is 10.2. The quantitative estimate of drug-likeness (QED) is 0.894. The van der Waals surface area contributed by atoms with E-state index in [9.17, 15) is 9.59 Å². The Kier molecular flexibility index (Phi) is 5.58. The summed E-state index contributed by atoms with van der Waals surface area (Å²) in [4.78, 5) is 24.4. The van der Waals surface area contributed by atoms with Crippen molar-refractivity contribution in [1.82, 2.24) is 5.32 Å². The van der Waals surface area contributed by atoms with E-state index in [1.54, 1.807) is 20.8 Å². The van der Waals surface area contributed by atoms with Crippen molar-refractivity contribution in [3.63, 3.8) is 0 Å². The third kappa shape index (κ3) is 6.16. The highest BCUT2D eigenvalue weighted by Crippen LogP contribution is 2.14. The highest BCUT2D eigenvalue weighted by molar-refractivity contribution is 5.90. The molecule has 0 atom stereocenters. The maximum absolute atomic E-state index is 11.5. The molecule has 0 heterocycles. The molecule has 1 aromatic carbocycles. The Morgan fingerprint density at radius 2 is 1.81 bits per heavy atom. The fourth-order valence-corrected chi connectivity index (χ4v) is 1.68. The minimum atomic E-state index is -0.565. The van der Waals surface area contributed by atoms with Gasteiger partial charge in [-0.1, -0.05) is 17.7 Å². The van der Waals surface area contributed by atoms with Gasteiger partial charge in [-0.3, -0.25) is 4.90 Å². The molecule has 0 aromatic heterocycles. The number of nitrogens with one attached hydrogen (secondary N) is 1. The highest BCUT2D eigenvalue weighted by atomic mass is 16.6. The van der Waals surface area contributed by atoms with Gasteiger partial charge >= 0.3 is 12.1 Å². The smallest absolute Gasteiger partial charge is 0.407 e. The summed E-state index contributed by atoms with van der Waals surface area (Å²) in [6.45, 7) is 7.85. The molecule has 3 N–H and O–H groups in total. The molecule has 21 heavy (non-hydrogen) atoms. The van der Waals surface area contributed by atoms with Gasteiger partial charge in [-0.05, 0) is 39.8 Å². The summed E-state index contributed by atoms with van der Waals surface area (Å²) < 4.78 is 5.12. The zero-order valence-electron chi connectivity index (χ0n) is 13.0. The van der Waals surface area contributed by atoms with Gasteiger partial charge < -0.3 is 15.8 Å². The first-order valence-electron chi connectivity index (χ1n) is 6.79. The highest BCUT2D eigenvalue weighted by Gasteiger charge is 2.17. The number of nitrogens with zero attached hydrogens (tertiary/aromatic N) is 1. The molecule has 6 nitrogen and oxygen atoms in total. The van der Waals surface area contributed by atoms with Crippen LogP contribution in [0.1, 0.15) is 26.3 Å². The van der Waals surface area contributed by atoms with Crippen LogP contribution in [0.15, 0.2) is 24.3 Å². The first-order valence-corrected chi connectivity index (χ1v) is 6.79. The number of nitrogens with two attached hydrogens (primary N) is 1. The lowest BCUT2D eigenvalue weighted by molar-refractivity contribution is 0.0529. The monoisotopic (exact) mass is 293 g/mol. The number of anilines is 1. The second-order valence-corrected chi connectivity index (χ2v) is 5.75. The van der Waals surface area contributed by atoms with Gasteiger partial charge in [0.2, 0.25) is 0 Å². The third-order valence-electron chi connectivity index (χ3n) is 2.62. The van der Waals surface area contributed by atoms with Gasteiger partial charge in [0.25, 0.3) is 0 Å². The number of urea groups is 1. The van der Waals surface area contributed by atoms with Crippen molar-refractivity contribution in [1.29, 1.82) is 0 Å².